The van der Waals surface area contributed by atoms with Gasteiger partial charge in [-0.3, -0.25) is 0 Å². The van der Waals surface area contributed by atoms with E-state index >= 15 is 0 Å². The molecule has 0 aliphatic rings. The number of rotatable bonds is 5. The van der Waals surface area contributed by atoms with E-state index in [1.807, 2.05) is 24.3 Å². The third-order valence-corrected chi connectivity index (χ3v) is 4.03. The maximum atomic E-state index is 5.65. The Morgan fingerprint density at radius 1 is 0.812 bits per heavy atom. The van der Waals surface area contributed by atoms with Crippen molar-refractivity contribution < 1.29 is 4.74 Å². The molecule has 2 aromatic carbocycles. The zero-order valence-electron chi connectivity index (χ0n) is 9.00. The van der Waals surface area contributed by atoms with Gasteiger partial charge in [0.15, 0.2) is 0 Å². The molecule has 0 saturated heterocycles. The van der Waals surface area contributed by atoms with Crippen molar-refractivity contribution in [2.45, 2.75) is 6.61 Å². The Morgan fingerprint density at radius 3 is 2.12 bits per heavy atom. The zero-order chi connectivity index (χ0) is 11.1. The number of ether oxygens (including phenoxy) is 1. The van der Waals surface area contributed by atoms with Crippen molar-refractivity contribution in [1.29, 1.82) is 0 Å². The van der Waals surface area contributed by atoms with Gasteiger partial charge >= 0.3 is 102 Å². The molecule has 2 rings (SSSR count). The van der Waals surface area contributed by atoms with Crippen LogP contribution in [0.2, 0.25) is 0 Å². The first-order valence-electron chi connectivity index (χ1n) is 5.25. The fraction of sp³-hybridized carbons (Fsp3) is 0.143. The molecular weight excluding hydrogens is 263 g/mol. The topological polar surface area (TPSA) is 9.23 Å². The molecule has 1 nitrogen and oxygen atoms in total. The fourth-order valence-corrected chi connectivity index (χ4v) is 2.73. The molecule has 0 heterocycles. The Hall–Kier alpha value is -1.08. The van der Waals surface area contributed by atoms with Gasteiger partial charge in [-0.2, -0.15) is 0 Å². The quantitative estimate of drug-likeness (QED) is 0.601. The van der Waals surface area contributed by atoms with Gasteiger partial charge in [-0.15, -0.1) is 0 Å². The molecule has 0 N–H and O–H groups in total. The second-order valence-electron chi connectivity index (χ2n) is 3.41. The molecule has 0 fully saturated rings. The van der Waals surface area contributed by atoms with Gasteiger partial charge in [0.05, 0.1) is 0 Å². The van der Waals surface area contributed by atoms with Crippen molar-refractivity contribution in [3.63, 3.8) is 0 Å². The first-order chi connectivity index (χ1) is 7.95. The van der Waals surface area contributed by atoms with Gasteiger partial charge in [-0.05, 0) is 0 Å². The van der Waals surface area contributed by atoms with Gasteiger partial charge < -0.3 is 0 Å². The van der Waals surface area contributed by atoms with Crippen LogP contribution in [0, 0.1) is 0 Å². The molecular formula is C14H14OSe. The van der Waals surface area contributed by atoms with Crippen molar-refractivity contribution in [3.05, 3.63) is 66.2 Å². The van der Waals surface area contributed by atoms with Crippen LogP contribution in [0.1, 0.15) is 5.56 Å². The SMILES string of the molecule is c1ccc(COC[Se]c2ccccc2)cc1. The normalized spacial score (nSPS) is 10.2. The summed E-state index contributed by atoms with van der Waals surface area (Å²) in [6.45, 7) is 0.718. The number of hydrogen-bond acceptors (Lipinski definition) is 1. The summed E-state index contributed by atoms with van der Waals surface area (Å²) < 4.78 is 7.04. The van der Waals surface area contributed by atoms with E-state index in [-0.39, 0.29) is 0 Å². The monoisotopic (exact) mass is 278 g/mol. The molecule has 0 aromatic heterocycles. The first-order valence-corrected chi connectivity index (χ1v) is 7.31. The van der Waals surface area contributed by atoms with Gasteiger partial charge in [0.25, 0.3) is 0 Å². The third kappa shape index (κ3) is 3.82. The molecule has 0 amide bonds. The molecule has 2 heteroatoms. The van der Waals surface area contributed by atoms with Gasteiger partial charge in [0.2, 0.25) is 0 Å². The van der Waals surface area contributed by atoms with E-state index in [1.165, 1.54) is 10.0 Å². The zero-order valence-corrected chi connectivity index (χ0v) is 10.7. The van der Waals surface area contributed by atoms with Gasteiger partial charge in [-0.1, -0.05) is 0 Å². The average molecular weight is 277 g/mol. The molecule has 0 radical (unpaired) electrons. The Morgan fingerprint density at radius 2 is 1.44 bits per heavy atom. The van der Waals surface area contributed by atoms with Crippen LogP contribution in [0.15, 0.2) is 60.7 Å². The van der Waals surface area contributed by atoms with E-state index in [1.54, 1.807) is 0 Å². The van der Waals surface area contributed by atoms with Gasteiger partial charge in [0.1, 0.15) is 0 Å². The molecule has 0 saturated carbocycles. The molecule has 0 unspecified atom stereocenters. The second kappa shape index (κ2) is 6.49. The van der Waals surface area contributed by atoms with E-state index < -0.39 is 0 Å². The van der Waals surface area contributed by atoms with Crippen molar-refractivity contribution in [3.8, 4) is 0 Å². The van der Waals surface area contributed by atoms with Crippen LogP contribution in [0.25, 0.3) is 0 Å². The van der Waals surface area contributed by atoms with E-state index in [9.17, 15) is 0 Å². The minimum atomic E-state index is 0.427. The van der Waals surface area contributed by atoms with Gasteiger partial charge in [-0.25, -0.2) is 0 Å². The number of hydrogen-bond donors (Lipinski definition) is 0. The Balaban J connectivity index is 1.70. The van der Waals surface area contributed by atoms with Gasteiger partial charge in [0, 0.05) is 0 Å². The van der Waals surface area contributed by atoms with Crippen LogP contribution in [0.4, 0.5) is 0 Å². The summed E-state index contributed by atoms with van der Waals surface area (Å²) in [5.41, 5.74) is 2.08. The van der Waals surface area contributed by atoms with Crippen LogP contribution in [-0.4, -0.2) is 20.5 Å². The molecule has 0 aliphatic carbocycles. The van der Waals surface area contributed by atoms with Crippen LogP contribution in [0.5, 0.6) is 0 Å². The molecule has 0 aliphatic heterocycles. The minimum absolute atomic E-state index is 0.427. The van der Waals surface area contributed by atoms with Crippen molar-refractivity contribution in [2.75, 3.05) is 5.51 Å². The Bertz CT molecular complexity index is 358. The van der Waals surface area contributed by atoms with Crippen molar-refractivity contribution in [1.82, 2.24) is 0 Å². The molecule has 0 spiro atoms. The summed E-state index contributed by atoms with van der Waals surface area (Å²) in [5.74, 6) is 0. The maximum absolute atomic E-state index is 5.65. The number of benzene rings is 2. The molecule has 2 aromatic rings. The van der Waals surface area contributed by atoms with Crippen molar-refractivity contribution >= 4 is 19.4 Å². The summed E-state index contributed by atoms with van der Waals surface area (Å²) in [4.78, 5) is 0. The summed E-state index contributed by atoms with van der Waals surface area (Å²) >= 11 is 0.427. The van der Waals surface area contributed by atoms with E-state index in [0.717, 1.165) is 12.1 Å². The van der Waals surface area contributed by atoms with Crippen LogP contribution >= 0.6 is 0 Å². The molecule has 0 bridgehead atoms. The fourth-order valence-electron chi connectivity index (χ4n) is 1.36. The summed E-state index contributed by atoms with van der Waals surface area (Å²) in [6, 6.07) is 20.8. The predicted octanol–water partition coefficient (Wildman–Crippen LogP) is 2.19. The molecule has 16 heavy (non-hydrogen) atoms. The summed E-state index contributed by atoms with van der Waals surface area (Å²) in [7, 11) is 0. The van der Waals surface area contributed by atoms with Crippen LogP contribution in [-0.2, 0) is 11.3 Å². The summed E-state index contributed by atoms with van der Waals surface area (Å²) in [5, 5.41) is 0. The molecule has 82 valence electrons. The van der Waals surface area contributed by atoms with Crippen LogP contribution in [0.3, 0.4) is 0 Å². The van der Waals surface area contributed by atoms with Crippen molar-refractivity contribution in [2.24, 2.45) is 0 Å². The predicted molar refractivity (Wildman–Crippen MR) is 67.9 cm³/mol. The third-order valence-electron chi connectivity index (χ3n) is 2.16. The van der Waals surface area contributed by atoms with E-state index in [2.05, 4.69) is 36.4 Å². The first kappa shape index (κ1) is 11.4. The van der Waals surface area contributed by atoms with Crippen LogP contribution < -0.4 is 4.46 Å². The van der Waals surface area contributed by atoms with E-state index in [4.69, 9.17) is 4.74 Å². The Labute approximate surface area is 103 Å². The second-order valence-corrected chi connectivity index (χ2v) is 5.50. The standard InChI is InChI=1S/C14H14OSe/c1-3-7-13(8-4-1)11-15-12-16-14-9-5-2-6-10-14/h1-10H,11-12H2. The average Bonchev–Trinajstić information content (AvgIpc) is 2.37. The summed E-state index contributed by atoms with van der Waals surface area (Å²) in [6.07, 6.45) is 0. The van der Waals surface area contributed by atoms with E-state index in [0.29, 0.717) is 15.0 Å². The molecule has 0 atom stereocenters. The Kier molecular flexibility index (Phi) is 4.63.